The molecule has 3 aromatic rings. The van der Waals surface area contributed by atoms with Gasteiger partial charge in [0.1, 0.15) is 6.04 Å². The Labute approximate surface area is 188 Å². The maximum atomic E-state index is 13.3. The number of pyridine rings is 1. The van der Waals surface area contributed by atoms with Gasteiger partial charge in [0.2, 0.25) is 5.91 Å². The fourth-order valence-corrected chi connectivity index (χ4v) is 3.52. The molecule has 0 saturated carbocycles. The third kappa shape index (κ3) is 6.41. The lowest BCUT2D eigenvalue weighted by atomic mass is 9.94. The Morgan fingerprint density at radius 2 is 1.53 bits per heavy atom. The molecule has 1 heterocycles. The van der Waals surface area contributed by atoms with Crippen molar-refractivity contribution < 1.29 is 14.7 Å². The van der Waals surface area contributed by atoms with Crippen LogP contribution in [0.1, 0.15) is 26.3 Å². The SMILES string of the molecule is CC(C)(C)CN(C(=O)O)[C@@H](Cc1ccccc1)C(=O)Nc1ccc(-c2ccncc2)cc1. The normalized spacial score (nSPS) is 12.1. The minimum absolute atomic E-state index is 0.244. The van der Waals surface area contributed by atoms with Crippen molar-refractivity contribution in [3.63, 3.8) is 0 Å². The van der Waals surface area contributed by atoms with Crippen LogP contribution in [0.5, 0.6) is 0 Å². The summed E-state index contributed by atoms with van der Waals surface area (Å²) in [5.74, 6) is -0.350. The minimum atomic E-state index is -1.11. The molecule has 0 spiro atoms. The maximum Gasteiger partial charge on any atom is 0.408 e. The van der Waals surface area contributed by atoms with E-state index in [2.05, 4.69) is 10.3 Å². The van der Waals surface area contributed by atoms with E-state index in [0.717, 1.165) is 16.7 Å². The number of hydrogen-bond acceptors (Lipinski definition) is 3. The zero-order chi connectivity index (χ0) is 23.1. The highest BCUT2D eigenvalue weighted by atomic mass is 16.4. The van der Waals surface area contributed by atoms with E-state index in [-0.39, 0.29) is 17.9 Å². The summed E-state index contributed by atoms with van der Waals surface area (Å²) in [6, 6.07) is 19.9. The highest BCUT2D eigenvalue weighted by molar-refractivity contribution is 5.96. The van der Waals surface area contributed by atoms with Crippen molar-refractivity contribution in [2.45, 2.75) is 33.2 Å². The van der Waals surface area contributed by atoms with Crippen LogP contribution in [0.15, 0.2) is 79.1 Å². The Kier molecular flexibility index (Phi) is 7.25. The van der Waals surface area contributed by atoms with Crippen LogP contribution in [-0.4, -0.2) is 39.6 Å². The van der Waals surface area contributed by atoms with Crippen LogP contribution >= 0.6 is 0 Å². The summed E-state index contributed by atoms with van der Waals surface area (Å²) in [6.45, 7) is 6.11. The van der Waals surface area contributed by atoms with E-state index in [9.17, 15) is 14.7 Å². The van der Waals surface area contributed by atoms with Gasteiger partial charge in [0, 0.05) is 31.0 Å². The van der Waals surface area contributed by atoms with Crippen LogP contribution in [0.4, 0.5) is 10.5 Å². The number of carbonyl (C=O) groups excluding carboxylic acids is 1. The third-order valence-electron chi connectivity index (χ3n) is 5.01. The summed E-state index contributed by atoms with van der Waals surface area (Å²) in [5, 5.41) is 12.8. The van der Waals surface area contributed by atoms with Gasteiger partial charge in [0.05, 0.1) is 0 Å². The lowest BCUT2D eigenvalue weighted by Crippen LogP contribution is -2.51. The van der Waals surface area contributed by atoms with E-state index >= 15 is 0 Å². The lowest BCUT2D eigenvalue weighted by molar-refractivity contribution is -0.121. The van der Waals surface area contributed by atoms with Crippen LogP contribution in [0, 0.1) is 5.41 Å². The summed E-state index contributed by atoms with van der Waals surface area (Å²) < 4.78 is 0. The number of amides is 2. The standard InChI is InChI=1S/C26H29N3O3/c1-26(2,3)18-29(25(31)32)23(17-19-7-5-4-6-8-19)24(30)28-22-11-9-20(10-12-22)21-13-15-27-16-14-21/h4-16,23H,17-18H2,1-3H3,(H,28,30)(H,31,32)/t23-/m0/s1. The van der Waals surface area contributed by atoms with Crippen molar-refractivity contribution in [1.82, 2.24) is 9.88 Å². The Morgan fingerprint density at radius 1 is 0.938 bits per heavy atom. The quantitative estimate of drug-likeness (QED) is 0.530. The maximum absolute atomic E-state index is 13.3. The molecule has 0 fully saturated rings. The second-order valence-corrected chi connectivity index (χ2v) is 8.98. The van der Waals surface area contributed by atoms with Crippen molar-refractivity contribution in [2.75, 3.05) is 11.9 Å². The van der Waals surface area contributed by atoms with E-state index in [1.165, 1.54) is 4.90 Å². The van der Waals surface area contributed by atoms with Crippen LogP contribution in [0.2, 0.25) is 0 Å². The molecule has 3 rings (SSSR count). The molecule has 6 heteroatoms. The highest BCUT2D eigenvalue weighted by Crippen LogP contribution is 2.23. The molecule has 0 aliphatic carbocycles. The first-order valence-electron chi connectivity index (χ1n) is 10.6. The molecule has 0 radical (unpaired) electrons. The smallest absolute Gasteiger partial charge is 0.408 e. The number of hydrogen-bond donors (Lipinski definition) is 2. The van der Waals surface area contributed by atoms with E-state index in [0.29, 0.717) is 12.1 Å². The van der Waals surface area contributed by atoms with Gasteiger partial charge in [0.25, 0.3) is 0 Å². The number of rotatable bonds is 7. The van der Waals surface area contributed by atoms with Crippen molar-refractivity contribution >= 4 is 17.7 Å². The molecule has 2 amide bonds. The zero-order valence-corrected chi connectivity index (χ0v) is 18.7. The number of aromatic nitrogens is 1. The molecule has 2 N–H and O–H groups in total. The predicted molar refractivity (Wildman–Crippen MR) is 126 cm³/mol. The second kappa shape index (κ2) is 10.1. The molecule has 0 unspecified atom stereocenters. The Hall–Kier alpha value is -3.67. The Bertz CT molecular complexity index is 1030. The van der Waals surface area contributed by atoms with E-state index in [4.69, 9.17) is 0 Å². The average molecular weight is 432 g/mol. The number of carboxylic acid groups (broad SMARTS) is 1. The van der Waals surface area contributed by atoms with Crippen LogP contribution in [0.3, 0.4) is 0 Å². The number of nitrogens with zero attached hydrogens (tertiary/aromatic N) is 2. The molecule has 0 saturated heterocycles. The van der Waals surface area contributed by atoms with E-state index < -0.39 is 12.1 Å². The molecular formula is C26H29N3O3. The van der Waals surface area contributed by atoms with E-state index in [1.807, 2.05) is 87.5 Å². The number of carbonyl (C=O) groups is 2. The van der Waals surface area contributed by atoms with Gasteiger partial charge in [-0.05, 0) is 46.4 Å². The average Bonchev–Trinajstić information content (AvgIpc) is 2.77. The Morgan fingerprint density at radius 3 is 2.09 bits per heavy atom. The van der Waals surface area contributed by atoms with Gasteiger partial charge in [-0.25, -0.2) is 4.79 Å². The van der Waals surface area contributed by atoms with Crippen molar-refractivity contribution in [3.05, 3.63) is 84.7 Å². The first-order chi connectivity index (χ1) is 15.2. The molecule has 1 atom stereocenters. The van der Waals surface area contributed by atoms with Crippen LogP contribution < -0.4 is 5.32 Å². The summed E-state index contributed by atoms with van der Waals surface area (Å²) in [5.41, 5.74) is 3.26. The monoisotopic (exact) mass is 431 g/mol. The van der Waals surface area contributed by atoms with Gasteiger partial charge in [-0.3, -0.25) is 14.7 Å². The van der Waals surface area contributed by atoms with Crippen molar-refractivity contribution in [1.29, 1.82) is 0 Å². The van der Waals surface area contributed by atoms with Gasteiger partial charge >= 0.3 is 6.09 Å². The molecule has 6 nitrogen and oxygen atoms in total. The summed E-state index contributed by atoms with van der Waals surface area (Å²) in [6.07, 6.45) is 2.65. The van der Waals surface area contributed by atoms with Gasteiger partial charge in [-0.1, -0.05) is 63.2 Å². The van der Waals surface area contributed by atoms with Crippen LogP contribution in [0.25, 0.3) is 11.1 Å². The van der Waals surface area contributed by atoms with Gasteiger partial charge in [-0.15, -0.1) is 0 Å². The summed E-state index contributed by atoms with van der Waals surface area (Å²) in [7, 11) is 0. The third-order valence-corrected chi connectivity index (χ3v) is 5.01. The van der Waals surface area contributed by atoms with Crippen molar-refractivity contribution in [3.8, 4) is 11.1 Å². The van der Waals surface area contributed by atoms with E-state index in [1.54, 1.807) is 12.4 Å². The largest absolute Gasteiger partial charge is 0.465 e. The second-order valence-electron chi connectivity index (χ2n) is 8.98. The number of nitrogens with one attached hydrogen (secondary N) is 1. The van der Waals surface area contributed by atoms with Gasteiger partial charge in [-0.2, -0.15) is 0 Å². The Balaban J connectivity index is 1.83. The van der Waals surface area contributed by atoms with Crippen molar-refractivity contribution in [2.24, 2.45) is 5.41 Å². The molecule has 0 bridgehead atoms. The minimum Gasteiger partial charge on any atom is -0.465 e. The molecule has 0 aliphatic rings. The first-order valence-corrected chi connectivity index (χ1v) is 10.6. The molecule has 166 valence electrons. The molecule has 32 heavy (non-hydrogen) atoms. The van der Waals surface area contributed by atoms with Gasteiger partial charge in [0.15, 0.2) is 0 Å². The summed E-state index contributed by atoms with van der Waals surface area (Å²) in [4.78, 5) is 30.7. The topological polar surface area (TPSA) is 82.5 Å². The number of anilines is 1. The zero-order valence-electron chi connectivity index (χ0n) is 18.7. The number of benzene rings is 2. The molecule has 2 aromatic carbocycles. The fourth-order valence-electron chi connectivity index (χ4n) is 3.52. The molecular weight excluding hydrogens is 402 g/mol. The summed E-state index contributed by atoms with van der Waals surface area (Å²) >= 11 is 0. The lowest BCUT2D eigenvalue weighted by Gasteiger charge is -2.33. The van der Waals surface area contributed by atoms with Crippen LogP contribution in [-0.2, 0) is 11.2 Å². The fraction of sp³-hybridized carbons (Fsp3) is 0.269. The molecule has 0 aliphatic heterocycles. The highest BCUT2D eigenvalue weighted by Gasteiger charge is 2.33. The molecule has 1 aromatic heterocycles. The predicted octanol–water partition coefficient (Wildman–Crippen LogP) is 5.32. The van der Waals surface area contributed by atoms with Gasteiger partial charge < -0.3 is 10.4 Å². The first kappa shape index (κ1) is 23.0.